The van der Waals surface area contributed by atoms with E-state index in [1.165, 1.54) is 32.5 Å². The molecule has 0 amide bonds. The Morgan fingerprint density at radius 3 is 1.69 bits per heavy atom. The normalized spacial score (nSPS) is 10.7. The second kappa shape index (κ2) is 18.0. The number of anilines is 1. The van der Waals surface area contributed by atoms with E-state index in [9.17, 15) is 0 Å². The number of para-hydroxylation sites is 2. The molecule has 1 atom stereocenters. The second-order valence-electron chi connectivity index (χ2n) is 7.53. The monoisotopic (exact) mass is 566 g/mol. The summed E-state index contributed by atoms with van der Waals surface area (Å²) in [4.78, 5) is 4.35. The molecule has 1 N–H and O–H groups in total. The molecule has 0 aliphatic rings. The van der Waals surface area contributed by atoms with Gasteiger partial charge in [-0.25, -0.2) is 0 Å². The van der Waals surface area contributed by atoms with Crippen molar-refractivity contribution in [1.29, 1.82) is 0 Å². The van der Waals surface area contributed by atoms with Gasteiger partial charge < -0.3 is 5.32 Å². The van der Waals surface area contributed by atoms with Crippen LogP contribution in [0.1, 0.15) is 23.6 Å². The van der Waals surface area contributed by atoms with Crippen molar-refractivity contribution in [3.8, 4) is 0 Å². The van der Waals surface area contributed by atoms with Crippen molar-refractivity contribution < 1.29 is 0 Å². The van der Waals surface area contributed by atoms with E-state index < -0.39 is 0 Å². The van der Waals surface area contributed by atoms with Crippen LogP contribution in [-0.4, -0.2) is 28.7 Å². The van der Waals surface area contributed by atoms with Crippen molar-refractivity contribution >= 4 is 40.1 Å². The first-order chi connectivity index (χ1) is 17.3. The average Bonchev–Trinajstić information content (AvgIpc) is 2.94. The van der Waals surface area contributed by atoms with Gasteiger partial charge in [0.05, 0.1) is 11.7 Å². The molecule has 0 aromatic heterocycles. The molecule has 0 aliphatic heterocycles. The fourth-order valence-corrected chi connectivity index (χ4v) is 3.07. The van der Waals surface area contributed by atoms with Crippen LogP contribution in [0.25, 0.3) is 0 Å². The number of rotatable bonds is 8. The molecular formula is C32H34N2Sn. The van der Waals surface area contributed by atoms with Gasteiger partial charge in [0, 0.05) is 11.9 Å². The summed E-state index contributed by atoms with van der Waals surface area (Å²) in [5.41, 5.74) is 4.53. The van der Waals surface area contributed by atoms with Crippen LogP contribution in [0.4, 0.5) is 11.4 Å². The average molecular weight is 565 g/mol. The Balaban J connectivity index is 0.000000217. The number of aliphatic imine (C=N–C) groups is 1. The summed E-state index contributed by atoms with van der Waals surface area (Å²) in [5.74, 6) is 0. The predicted octanol–water partition coefficient (Wildman–Crippen LogP) is 8.34. The Kier molecular flexibility index (Phi) is 14.3. The van der Waals surface area contributed by atoms with Gasteiger partial charge in [0.15, 0.2) is 0 Å². The third-order valence-corrected chi connectivity index (χ3v) is 5.76. The molecule has 0 bridgehead atoms. The zero-order valence-electron chi connectivity index (χ0n) is 20.2. The van der Waals surface area contributed by atoms with Gasteiger partial charge in [-0.2, -0.15) is 0 Å². The fraction of sp³-hybridized carbons (Fsp3) is 0.0938. The summed E-state index contributed by atoms with van der Waals surface area (Å²) in [6, 6.07) is 41.0. The molecule has 2 nitrogen and oxygen atoms in total. The van der Waals surface area contributed by atoms with Gasteiger partial charge >= 0.3 is 39.6 Å². The van der Waals surface area contributed by atoms with Crippen molar-refractivity contribution in [2.45, 2.75) is 16.9 Å². The van der Waals surface area contributed by atoms with Crippen LogP contribution >= 0.6 is 0 Å². The number of nitrogens with zero attached hydrogens (tertiary/aromatic N) is 1. The van der Waals surface area contributed by atoms with Gasteiger partial charge in [0.25, 0.3) is 0 Å². The Bertz CT molecular complexity index is 1050. The maximum atomic E-state index is 4.35. The molecule has 3 heteroatoms. The zero-order valence-corrected chi connectivity index (χ0v) is 23.5. The van der Waals surface area contributed by atoms with Crippen molar-refractivity contribution in [2.75, 3.05) is 5.32 Å². The molecule has 35 heavy (non-hydrogen) atoms. The molecule has 4 aromatic carbocycles. The summed E-state index contributed by atoms with van der Waals surface area (Å²) < 4.78 is 1.21. The van der Waals surface area contributed by atoms with E-state index in [4.69, 9.17) is 0 Å². The first-order valence-corrected chi connectivity index (χ1v) is 14.0. The van der Waals surface area contributed by atoms with Crippen molar-refractivity contribution in [2.24, 2.45) is 4.99 Å². The van der Waals surface area contributed by atoms with Crippen LogP contribution in [-0.2, 0) is 0 Å². The molecule has 2 radical (unpaired) electrons. The Morgan fingerprint density at radius 1 is 0.686 bits per heavy atom. The van der Waals surface area contributed by atoms with Gasteiger partial charge in [-0.3, -0.25) is 4.99 Å². The summed E-state index contributed by atoms with van der Waals surface area (Å²) in [7, 11) is 0. The molecule has 176 valence electrons. The van der Waals surface area contributed by atoms with Crippen LogP contribution in [0, 0.1) is 0 Å². The van der Waals surface area contributed by atoms with Crippen LogP contribution < -0.4 is 5.32 Å². The molecular weight excluding hydrogens is 531 g/mol. The van der Waals surface area contributed by atoms with E-state index >= 15 is 0 Å². The Labute approximate surface area is 224 Å². The van der Waals surface area contributed by atoms with E-state index in [2.05, 4.69) is 59.9 Å². The van der Waals surface area contributed by atoms with Crippen LogP contribution in [0.15, 0.2) is 152 Å². The van der Waals surface area contributed by atoms with Gasteiger partial charge in [0.2, 0.25) is 0 Å². The predicted molar refractivity (Wildman–Crippen MR) is 156 cm³/mol. The van der Waals surface area contributed by atoms with E-state index in [1.807, 2.05) is 103 Å². The maximum absolute atomic E-state index is 4.35. The SMILES string of the molecule is C(=Nc1ccccc1)c1ccccc1.C=CCC(Nc1ccccc1)c1ccccc1.C=C[CH2][SnH]. The molecule has 4 aromatic rings. The first-order valence-electron chi connectivity index (χ1n) is 11.7. The Morgan fingerprint density at radius 2 is 1.17 bits per heavy atom. The van der Waals surface area contributed by atoms with Crippen LogP contribution in [0.3, 0.4) is 0 Å². The van der Waals surface area contributed by atoms with Gasteiger partial charge in [-0.15, -0.1) is 6.58 Å². The number of allylic oxidation sites excluding steroid dienone is 1. The molecule has 0 saturated heterocycles. The molecule has 0 heterocycles. The second-order valence-corrected chi connectivity index (χ2v) is 8.87. The topological polar surface area (TPSA) is 24.4 Å². The van der Waals surface area contributed by atoms with E-state index in [0.717, 1.165) is 23.4 Å². The zero-order chi connectivity index (χ0) is 25.0. The van der Waals surface area contributed by atoms with Crippen molar-refractivity contribution in [3.05, 3.63) is 158 Å². The van der Waals surface area contributed by atoms with Gasteiger partial charge in [-0.05, 0) is 41.8 Å². The number of nitrogens with one attached hydrogen (secondary N) is 1. The van der Waals surface area contributed by atoms with Crippen LogP contribution in [0.5, 0.6) is 0 Å². The summed E-state index contributed by atoms with van der Waals surface area (Å²) in [6.45, 7) is 7.34. The third kappa shape index (κ3) is 12.1. The number of hydrogen-bond acceptors (Lipinski definition) is 2. The minimum absolute atomic E-state index is 0.288. The van der Waals surface area contributed by atoms with Gasteiger partial charge in [0.1, 0.15) is 0 Å². The van der Waals surface area contributed by atoms with E-state index in [1.54, 1.807) is 0 Å². The van der Waals surface area contributed by atoms with Crippen LogP contribution in [0.2, 0.25) is 4.44 Å². The molecule has 0 saturated carbocycles. The number of hydrogen-bond donors (Lipinski definition) is 1. The molecule has 0 fully saturated rings. The van der Waals surface area contributed by atoms with Crippen molar-refractivity contribution in [3.63, 3.8) is 0 Å². The molecule has 0 aliphatic carbocycles. The standard InChI is InChI=1S/C16H17N.C13H11N.C3H5.Sn.H/c1-2-9-16(14-10-5-3-6-11-14)17-15-12-7-4-8-13-15;1-3-7-12(8-4-1)11-14-13-9-5-2-6-10-13;1-3-2;;/h2-8,10-13,16-17H,1,9H2;1-11H;3H,1-2H2;;. The Hall–Kier alpha value is -3.37. The molecule has 1 unspecified atom stereocenters. The third-order valence-electron chi connectivity index (χ3n) is 4.80. The summed E-state index contributed by atoms with van der Waals surface area (Å²) >= 11 is 1.32. The minimum atomic E-state index is 0.288. The number of benzene rings is 4. The molecule has 4 rings (SSSR count). The molecule has 0 spiro atoms. The van der Waals surface area contributed by atoms with E-state index in [-0.39, 0.29) is 6.04 Å². The first kappa shape index (κ1) is 27.9. The summed E-state index contributed by atoms with van der Waals surface area (Å²) in [5, 5.41) is 3.52. The van der Waals surface area contributed by atoms with Gasteiger partial charge in [-0.1, -0.05) is 103 Å². The quantitative estimate of drug-likeness (QED) is 0.130. The summed E-state index contributed by atoms with van der Waals surface area (Å²) in [6.07, 6.45) is 6.67. The van der Waals surface area contributed by atoms with Crippen molar-refractivity contribution in [1.82, 2.24) is 0 Å². The van der Waals surface area contributed by atoms with E-state index in [0.29, 0.717) is 0 Å². The fourth-order valence-electron chi connectivity index (χ4n) is 3.07.